The molecule has 1 unspecified atom stereocenters. The van der Waals surface area contributed by atoms with Gasteiger partial charge < -0.3 is 15.7 Å². The number of hydrogen-bond acceptors (Lipinski definition) is 3. The van der Waals surface area contributed by atoms with Crippen LogP contribution in [0, 0.1) is 0 Å². The summed E-state index contributed by atoms with van der Waals surface area (Å²) in [7, 11) is 1.46. The number of likely N-dealkylation sites (N-methyl/N-ethyl adjacent to an activating group) is 1. The minimum absolute atomic E-state index is 0.329. The van der Waals surface area contributed by atoms with Crippen molar-refractivity contribution in [2.75, 3.05) is 7.05 Å². The molecular formula is C10H20N2O3. The molecule has 0 fully saturated rings. The molecule has 0 heterocycles. The quantitative estimate of drug-likeness (QED) is 0.698. The normalized spacial score (nSPS) is 13.4. The standard InChI is InChI=1S/C10H20N2O3/c1-5-6-7(11)8(13)12(4)10(2,3)9(14)15/h7H,5-6,11H2,1-4H3,(H,14,15). The molecule has 0 saturated heterocycles. The molecule has 0 rings (SSSR count). The van der Waals surface area contributed by atoms with Gasteiger partial charge in [-0.15, -0.1) is 0 Å². The van der Waals surface area contributed by atoms with Crippen molar-refractivity contribution in [3.05, 3.63) is 0 Å². The number of amides is 1. The van der Waals surface area contributed by atoms with Crippen molar-refractivity contribution in [2.45, 2.75) is 45.2 Å². The SMILES string of the molecule is CCCC(N)C(=O)N(C)C(C)(C)C(=O)O. The maximum atomic E-state index is 11.7. The molecule has 0 spiro atoms. The third kappa shape index (κ3) is 3.20. The summed E-state index contributed by atoms with van der Waals surface area (Å²) in [5.74, 6) is -1.37. The Labute approximate surface area is 90.2 Å². The van der Waals surface area contributed by atoms with Crippen molar-refractivity contribution in [1.29, 1.82) is 0 Å². The number of aliphatic carboxylic acids is 1. The lowest BCUT2D eigenvalue weighted by atomic mass is 10.0. The number of carbonyl (C=O) groups is 2. The summed E-state index contributed by atoms with van der Waals surface area (Å²) >= 11 is 0. The molecule has 1 atom stereocenters. The predicted molar refractivity (Wildman–Crippen MR) is 57.4 cm³/mol. The third-order valence-electron chi connectivity index (χ3n) is 2.61. The summed E-state index contributed by atoms with van der Waals surface area (Å²) in [5, 5.41) is 8.94. The Morgan fingerprint density at radius 3 is 2.27 bits per heavy atom. The van der Waals surface area contributed by atoms with Crippen LogP contribution in [0.2, 0.25) is 0 Å². The Bertz CT molecular complexity index is 251. The zero-order chi connectivity index (χ0) is 12.2. The van der Waals surface area contributed by atoms with E-state index in [2.05, 4.69) is 0 Å². The molecule has 0 aromatic heterocycles. The Hall–Kier alpha value is -1.10. The summed E-state index contributed by atoms with van der Waals surface area (Å²) in [5.41, 5.74) is 4.42. The van der Waals surface area contributed by atoms with Crippen LogP contribution < -0.4 is 5.73 Å². The average molecular weight is 216 g/mol. The average Bonchev–Trinajstić information content (AvgIpc) is 2.15. The second-order valence-corrected chi connectivity index (χ2v) is 4.16. The van der Waals surface area contributed by atoms with Gasteiger partial charge in [0, 0.05) is 7.05 Å². The molecule has 0 aliphatic carbocycles. The zero-order valence-electron chi connectivity index (χ0n) is 9.78. The van der Waals surface area contributed by atoms with E-state index in [4.69, 9.17) is 10.8 Å². The van der Waals surface area contributed by atoms with Gasteiger partial charge in [-0.2, -0.15) is 0 Å². The lowest BCUT2D eigenvalue weighted by molar-refractivity contribution is -0.155. The van der Waals surface area contributed by atoms with Crippen molar-refractivity contribution in [1.82, 2.24) is 4.90 Å². The highest BCUT2D eigenvalue weighted by Crippen LogP contribution is 2.14. The van der Waals surface area contributed by atoms with E-state index < -0.39 is 17.6 Å². The molecule has 0 saturated carbocycles. The van der Waals surface area contributed by atoms with E-state index in [1.54, 1.807) is 0 Å². The van der Waals surface area contributed by atoms with Crippen LogP contribution in [0.4, 0.5) is 0 Å². The van der Waals surface area contributed by atoms with Crippen LogP contribution in [0.15, 0.2) is 0 Å². The molecule has 0 radical (unpaired) electrons. The van der Waals surface area contributed by atoms with Crippen LogP contribution in [-0.4, -0.2) is 40.5 Å². The Morgan fingerprint density at radius 1 is 1.47 bits per heavy atom. The molecule has 0 aliphatic rings. The van der Waals surface area contributed by atoms with E-state index in [0.717, 1.165) is 6.42 Å². The number of hydrogen-bond donors (Lipinski definition) is 2. The molecule has 0 aliphatic heterocycles. The molecule has 0 bridgehead atoms. The monoisotopic (exact) mass is 216 g/mol. The topological polar surface area (TPSA) is 83.6 Å². The molecule has 15 heavy (non-hydrogen) atoms. The Morgan fingerprint density at radius 2 is 1.93 bits per heavy atom. The van der Waals surface area contributed by atoms with Crippen LogP contribution in [-0.2, 0) is 9.59 Å². The van der Waals surface area contributed by atoms with Crippen LogP contribution in [0.5, 0.6) is 0 Å². The van der Waals surface area contributed by atoms with Gasteiger partial charge in [-0.3, -0.25) is 4.79 Å². The molecule has 0 aromatic carbocycles. The molecule has 1 amide bonds. The van der Waals surface area contributed by atoms with Crippen LogP contribution in [0.3, 0.4) is 0 Å². The van der Waals surface area contributed by atoms with Gasteiger partial charge >= 0.3 is 5.97 Å². The van der Waals surface area contributed by atoms with Crippen LogP contribution >= 0.6 is 0 Å². The molecule has 5 nitrogen and oxygen atoms in total. The third-order valence-corrected chi connectivity index (χ3v) is 2.61. The van der Waals surface area contributed by atoms with Crippen molar-refractivity contribution >= 4 is 11.9 Å². The smallest absolute Gasteiger partial charge is 0.329 e. The lowest BCUT2D eigenvalue weighted by Gasteiger charge is -2.33. The number of carbonyl (C=O) groups excluding carboxylic acids is 1. The van der Waals surface area contributed by atoms with Gasteiger partial charge in [0.05, 0.1) is 6.04 Å². The second-order valence-electron chi connectivity index (χ2n) is 4.16. The first-order chi connectivity index (χ1) is 6.75. The van der Waals surface area contributed by atoms with Gasteiger partial charge in [-0.05, 0) is 20.3 Å². The largest absolute Gasteiger partial charge is 0.480 e. The fourth-order valence-corrected chi connectivity index (χ4v) is 1.10. The fraction of sp³-hybridized carbons (Fsp3) is 0.800. The van der Waals surface area contributed by atoms with E-state index in [-0.39, 0.29) is 5.91 Å². The van der Waals surface area contributed by atoms with Gasteiger partial charge in [0.15, 0.2) is 0 Å². The molecule has 5 heteroatoms. The molecule has 3 N–H and O–H groups in total. The first kappa shape index (κ1) is 13.9. The highest BCUT2D eigenvalue weighted by Gasteiger charge is 2.36. The lowest BCUT2D eigenvalue weighted by Crippen LogP contribution is -2.55. The van der Waals surface area contributed by atoms with Gasteiger partial charge in [0.1, 0.15) is 5.54 Å². The first-order valence-corrected chi connectivity index (χ1v) is 5.01. The van der Waals surface area contributed by atoms with Crippen LogP contribution in [0.1, 0.15) is 33.6 Å². The highest BCUT2D eigenvalue weighted by atomic mass is 16.4. The summed E-state index contributed by atoms with van der Waals surface area (Å²) < 4.78 is 0. The van der Waals surface area contributed by atoms with E-state index in [1.165, 1.54) is 25.8 Å². The minimum atomic E-state index is -1.22. The van der Waals surface area contributed by atoms with E-state index in [1.807, 2.05) is 6.92 Å². The van der Waals surface area contributed by atoms with E-state index in [9.17, 15) is 9.59 Å². The number of nitrogens with zero attached hydrogens (tertiary/aromatic N) is 1. The van der Waals surface area contributed by atoms with Gasteiger partial charge in [-0.1, -0.05) is 13.3 Å². The van der Waals surface area contributed by atoms with Gasteiger partial charge in [0.25, 0.3) is 0 Å². The van der Waals surface area contributed by atoms with E-state index >= 15 is 0 Å². The second kappa shape index (κ2) is 5.11. The number of rotatable bonds is 5. The zero-order valence-corrected chi connectivity index (χ0v) is 9.78. The van der Waals surface area contributed by atoms with E-state index in [0.29, 0.717) is 6.42 Å². The molecule has 88 valence electrons. The van der Waals surface area contributed by atoms with Crippen molar-refractivity contribution in [3.8, 4) is 0 Å². The summed E-state index contributed by atoms with van der Waals surface area (Å²) in [6.45, 7) is 4.88. The summed E-state index contributed by atoms with van der Waals surface area (Å²) in [4.78, 5) is 23.8. The fourth-order valence-electron chi connectivity index (χ4n) is 1.10. The maximum Gasteiger partial charge on any atom is 0.329 e. The Balaban J connectivity index is 4.64. The first-order valence-electron chi connectivity index (χ1n) is 5.01. The van der Waals surface area contributed by atoms with Crippen molar-refractivity contribution < 1.29 is 14.7 Å². The number of carboxylic acid groups (broad SMARTS) is 1. The van der Waals surface area contributed by atoms with Crippen molar-refractivity contribution in [2.24, 2.45) is 5.73 Å². The number of carboxylic acids is 1. The van der Waals surface area contributed by atoms with Gasteiger partial charge in [-0.25, -0.2) is 4.79 Å². The minimum Gasteiger partial charge on any atom is -0.480 e. The summed E-state index contributed by atoms with van der Waals surface area (Å²) in [6, 6.07) is -0.612. The van der Waals surface area contributed by atoms with Gasteiger partial charge in [0.2, 0.25) is 5.91 Å². The predicted octanol–water partition coefficient (Wildman–Crippen LogP) is 0.435. The highest BCUT2D eigenvalue weighted by molar-refractivity contribution is 5.88. The maximum absolute atomic E-state index is 11.7. The molecule has 0 aromatic rings. The van der Waals surface area contributed by atoms with Crippen molar-refractivity contribution in [3.63, 3.8) is 0 Å². The van der Waals surface area contributed by atoms with Crippen LogP contribution in [0.25, 0.3) is 0 Å². The number of nitrogens with two attached hydrogens (primary N) is 1. The Kier molecular flexibility index (Phi) is 4.74. The summed E-state index contributed by atoms with van der Waals surface area (Å²) in [6.07, 6.45) is 1.37. The molecular weight excluding hydrogens is 196 g/mol.